The SMILES string of the molecule is CC.CC.CC.CC.CCC.CCC.CCC.CCC.CCC.CCC.CCC.CCCCC.Oc1ccccc1.Oc1ccccc1.Oc1ccccc1.Oc1ccccc1.Oc1ccccc1.c1ccccc1.c1ccccc1.c1ccccc1.c1ccccc1. The van der Waals surface area contributed by atoms with Crippen LogP contribution in [-0.4, -0.2) is 25.5 Å². The van der Waals surface area contributed by atoms with Crippen molar-refractivity contribution in [3.05, 3.63) is 297 Å². The van der Waals surface area contributed by atoms with Gasteiger partial charge in [0.2, 0.25) is 0 Å². The molecule has 93 heavy (non-hydrogen) atoms. The Labute approximate surface area is 578 Å². The van der Waals surface area contributed by atoms with Gasteiger partial charge in [-0.05, 0) is 60.7 Å². The molecule has 0 atom stereocenters. The second-order valence-electron chi connectivity index (χ2n) is 17.6. The van der Waals surface area contributed by atoms with Crippen LogP contribution in [0.1, 0.15) is 230 Å². The fourth-order valence-electron chi connectivity index (χ4n) is 4.03. The summed E-state index contributed by atoms with van der Waals surface area (Å²) >= 11 is 0. The van der Waals surface area contributed by atoms with E-state index in [4.69, 9.17) is 25.5 Å². The fourth-order valence-corrected chi connectivity index (χ4v) is 4.03. The van der Waals surface area contributed by atoms with E-state index in [9.17, 15) is 0 Å². The lowest BCUT2D eigenvalue weighted by atomic mass is 10.3. The minimum absolute atomic E-state index is 0.322. The minimum Gasteiger partial charge on any atom is -0.508 e. The summed E-state index contributed by atoms with van der Waals surface area (Å²) in [6.45, 7) is 50.2. The molecule has 0 aliphatic rings. The molecule has 5 nitrogen and oxygen atoms in total. The first kappa shape index (κ1) is 113. The second-order valence-corrected chi connectivity index (χ2v) is 17.6. The number of benzene rings is 9. The number of hydrogen-bond acceptors (Lipinski definition) is 5. The van der Waals surface area contributed by atoms with Crippen molar-refractivity contribution >= 4 is 0 Å². The van der Waals surface area contributed by atoms with Crippen LogP contribution < -0.4 is 0 Å². The van der Waals surface area contributed by atoms with Crippen molar-refractivity contribution in [2.75, 3.05) is 0 Å². The molecule has 9 aromatic carbocycles. The first-order valence-corrected chi connectivity index (χ1v) is 35.0. The van der Waals surface area contributed by atoms with Gasteiger partial charge in [-0.1, -0.05) is 467 Å². The van der Waals surface area contributed by atoms with Crippen molar-refractivity contribution in [3.8, 4) is 28.7 Å². The molecule has 0 fully saturated rings. The van der Waals surface area contributed by atoms with Crippen molar-refractivity contribution in [1.29, 1.82) is 0 Å². The van der Waals surface area contributed by atoms with Gasteiger partial charge in [-0.3, -0.25) is 0 Å². The minimum atomic E-state index is 0.322. The van der Waals surface area contributed by atoms with Crippen LogP contribution >= 0.6 is 0 Å². The Morgan fingerprint density at radius 3 is 0.247 bits per heavy atom. The lowest BCUT2D eigenvalue weighted by Gasteiger charge is -1.82. The molecule has 0 spiro atoms. The molecule has 0 heterocycles. The molecule has 0 saturated heterocycles. The molecule has 0 amide bonds. The Hall–Kier alpha value is -8.02. The lowest BCUT2D eigenvalue weighted by molar-refractivity contribution is 0.475. The summed E-state index contributed by atoms with van der Waals surface area (Å²) in [4.78, 5) is 0. The van der Waals surface area contributed by atoms with Crippen molar-refractivity contribution in [1.82, 2.24) is 0 Å². The Morgan fingerprint density at radius 1 is 0.151 bits per heavy atom. The summed E-state index contributed by atoms with van der Waals surface area (Å²) in [6.07, 6.45) is 12.8. The summed E-state index contributed by atoms with van der Waals surface area (Å²) in [7, 11) is 0. The predicted molar refractivity (Wildman–Crippen MR) is 429 cm³/mol. The molecule has 5 heteroatoms. The quantitative estimate of drug-likeness (QED) is 0.119. The van der Waals surface area contributed by atoms with Crippen LogP contribution in [-0.2, 0) is 0 Å². The molecule has 0 unspecified atom stereocenters. The average molecular weight is 1280 g/mol. The Kier molecular flexibility index (Phi) is 161. The highest BCUT2D eigenvalue weighted by Crippen LogP contribution is 2.05. The Balaban J connectivity index is -0.0000000752. The topological polar surface area (TPSA) is 101 Å². The van der Waals surface area contributed by atoms with Crippen molar-refractivity contribution < 1.29 is 25.5 Å². The molecule has 0 aliphatic heterocycles. The Morgan fingerprint density at radius 2 is 0.215 bits per heavy atom. The number of para-hydroxylation sites is 5. The van der Waals surface area contributed by atoms with Crippen LogP contribution in [0, 0.1) is 0 Å². The normalized spacial score (nSPS) is 7.35. The molecule has 0 saturated carbocycles. The van der Waals surface area contributed by atoms with E-state index >= 15 is 0 Å². The van der Waals surface area contributed by atoms with Gasteiger partial charge < -0.3 is 25.5 Å². The molecular weight excluding hydrogens is 1140 g/mol. The van der Waals surface area contributed by atoms with E-state index in [1.165, 1.54) is 64.2 Å². The van der Waals surface area contributed by atoms with Gasteiger partial charge in [-0.25, -0.2) is 0 Å². The molecule has 5 N–H and O–H groups in total. The van der Waals surface area contributed by atoms with E-state index in [2.05, 4.69) is 111 Å². The number of rotatable bonds is 2. The van der Waals surface area contributed by atoms with Gasteiger partial charge in [0.25, 0.3) is 0 Å². The van der Waals surface area contributed by atoms with E-state index in [0.29, 0.717) is 28.7 Å². The van der Waals surface area contributed by atoms with Crippen LogP contribution in [0.5, 0.6) is 28.7 Å². The average Bonchev–Trinajstić information content (AvgIpc) is 3.68. The van der Waals surface area contributed by atoms with E-state index in [1.54, 1.807) is 121 Å². The van der Waals surface area contributed by atoms with E-state index < -0.39 is 0 Å². The van der Waals surface area contributed by atoms with Gasteiger partial charge in [0.1, 0.15) is 28.7 Å². The number of phenols is 5. The smallest absolute Gasteiger partial charge is 0.115 e. The van der Waals surface area contributed by atoms with Crippen LogP contribution in [0.4, 0.5) is 0 Å². The number of hydrogen-bond donors (Lipinski definition) is 5. The van der Waals surface area contributed by atoms with E-state index in [1.807, 2.05) is 231 Å². The van der Waals surface area contributed by atoms with Crippen molar-refractivity contribution in [3.63, 3.8) is 0 Å². The van der Waals surface area contributed by atoms with Crippen molar-refractivity contribution in [2.45, 2.75) is 230 Å². The molecular formula is C88H146O5. The van der Waals surface area contributed by atoms with Crippen LogP contribution in [0.15, 0.2) is 297 Å². The summed E-state index contributed by atoms with van der Waals surface area (Å²) in [5.41, 5.74) is 0. The summed E-state index contributed by atoms with van der Waals surface area (Å²) in [6, 6.07) is 91.6. The largest absolute Gasteiger partial charge is 0.508 e. The Bertz CT molecular complexity index is 1770. The van der Waals surface area contributed by atoms with E-state index in [0.717, 1.165) is 0 Å². The summed E-state index contributed by atoms with van der Waals surface area (Å²) in [5.74, 6) is 1.61. The fraction of sp³-hybridized carbons (Fsp3) is 0.386. The maximum Gasteiger partial charge on any atom is 0.115 e. The van der Waals surface area contributed by atoms with Gasteiger partial charge in [-0.2, -0.15) is 0 Å². The standard InChI is InChI=1S/5C6H6O.4C6H6.C5H12.7C3H8.4C2H6/c5*7-6-4-2-1-3-5-6;4*1-2-4-6-5-3-1;1-3-5-4-2;7*1-3-2;4*1-2/h5*1-5,7H;4*1-6H;3-5H2,1-2H3;7*3H2,1-2H3;4*1-2H3. The zero-order chi connectivity index (χ0) is 73.6. The number of phenolic OH excluding ortho intramolecular Hbond substituents is 5. The monoisotopic (exact) mass is 1280 g/mol. The highest BCUT2D eigenvalue weighted by atomic mass is 16.3. The molecule has 0 aliphatic carbocycles. The zero-order valence-corrected chi connectivity index (χ0v) is 64.1. The third-order valence-corrected chi connectivity index (χ3v) is 7.15. The first-order valence-electron chi connectivity index (χ1n) is 35.0. The van der Waals surface area contributed by atoms with E-state index in [-0.39, 0.29) is 0 Å². The number of aromatic hydroxyl groups is 5. The van der Waals surface area contributed by atoms with Crippen molar-refractivity contribution in [2.24, 2.45) is 0 Å². The van der Waals surface area contributed by atoms with Crippen LogP contribution in [0.2, 0.25) is 0 Å². The van der Waals surface area contributed by atoms with Gasteiger partial charge >= 0.3 is 0 Å². The third-order valence-electron chi connectivity index (χ3n) is 7.15. The van der Waals surface area contributed by atoms with Gasteiger partial charge in [-0.15, -0.1) is 0 Å². The van der Waals surface area contributed by atoms with Crippen LogP contribution in [0.25, 0.3) is 0 Å². The van der Waals surface area contributed by atoms with Gasteiger partial charge in [0.05, 0.1) is 0 Å². The molecule has 528 valence electrons. The molecule has 0 bridgehead atoms. The second kappa shape index (κ2) is 133. The third kappa shape index (κ3) is 168. The maximum absolute atomic E-state index is 8.63. The first-order chi connectivity index (χ1) is 45.3. The number of unbranched alkanes of at least 4 members (excludes halogenated alkanes) is 2. The molecule has 9 rings (SSSR count). The molecule has 0 radical (unpaired) electrons. The summed E-state index contributed by atoms with van der Waals surface area (Å²) in [5, 5.41) is 43.2. The summed E-state index contributed by atoms with van der Waals surface area (Å²) < 4.78 is 0. The highest BCUT2D eigenvalue weighted by Gasteiger charge is 1.78. The molecule has 9 aromatic rings. The lowest BCUT2D eigenvalue weighted by Crippen LogP contribution is -1.59. The van der Waals surface area contributed by atoms with Gasteiger partial charge in [0.15, 0.2) is 0 Å². The van der Waals surface area contributed by atoms with Crippen LogP contribution in [0.3, 0.4) is 0 Å². The zero-order valence-electron chi connectivity index (χ0n) is 64.1. The highest BCUT2D eigenvalue weighted by molar-refractivity contribution is 5.21. The van der Waals surface area contributed by atoms with Gasteiger partial charge in [0, 0.05) is 0 Å². The molecule has 0 aromatic heterocycles. The maximum atomic E-state index is 8.63. The predicted octanol–water partition coefficient (Wildman–Crippen LogP) is 29.9.